The standard InChI is InChI=1S/2C39H30N2.C35H28N2/c1-40(37-20-18-30-12-5-7-14-32(30)26-37)35-22-24-36(25-23-35)41(39-21-19-31-13-6-8-15-33(31)28-39)38-17-9-16-34(27-38)29-10-3-2-4-11-29;1-40(39-20-10-16-31-14-7-8-19-38(31)39)34-23-25-35(26-24-34)41(37-22-21-30-13-5-6-15-32(30)28-37)36-18-9-17-33(27-36)29-11-3-2-4-12-29;1-36(31-16-6-3-7-17-31)32-21-23-33(24-22-32)37(35-20-19-28-13-8-9-14-29(28)26-35)34-18-10-15-30(25-34)27-11-4-2-5-12-27/h2*2-28H,1H3;2-26H,1H3. The molecule has 570 valence electrons. The molecule has 0 amide bonds. The Hall–Kier alpha value is -15.5. The Morgan fingerprint density at radius 2 is 0.345 bits per heavy atom. The van der Waals surface area contributed by atoms with E-state index in [1.165, 1.54) is 98.6 Å². The second kappa shape index (κ2) is 34.7. The molecule has 0 saturated carbocycles. The largest absolute Gasteiger partial charge is 0.345 e. The second-order valence-corrected chi connectivity index (χ2v) is 29.9. The van der Waals surface area contributed by atoms with Crippen LogP contribution in [0.1, 0.15) is 0 Å². The number of para-hydroxylation sites is 1. The summed E-state index contributed by atoms with van der Waals surface area (Å²) in [6.07, 6.45) is 0. The summed E-state index contributed by atoms with van der Waals surface area (Å²) in [6, 6.07) is 171. The van der Waals surface area contributed by atoms with Crippen LogP contribution in [0, 0.1) is 0 Å². The highest BCUT2D eigenvalue weighted by Crippen LogP contribution is 2.44. The Balaban J connectivity index is 0.000000123. The summed E-state index contributed by atoms with van der Waals surface area (Å²) >= 11 is 0. The number of rotatable bonds is 18. The van der Waals surface area contributed by atoms with Gasteiger partial charge in [-0.25, -0.2) is 0 Å². The van der Waals surface area contributed by atoms with E-state index in [1.807, 2.05) is 6.07 Å². The van der Waals surface area contributed by atoms with Gasteiger partial charge in [-0.3, -0.25) is 0 Å². The molecule has 20 rings (SSSR count). The second-order valence-electron chi connectivity index (χ2n) is 29.9. The maximum Gasteiger partial charge on any atom is 0.0487 e. The van der Waals surface area contributed by atoms with Gasteiger partial charge in [-0.1, -0.05) is 303 Å². The van der Waals surface area contributed by atoms with Crippen molar-refractivity contribution in [2.45, 2.75) is 0 Å². The van der Waals surface area contributed by atoms with Gasteiger partial charge < -0.3 is 29.4 Å². The maximum absolute atomic E-state index is 2.35. The van der Waals surface area contributed by atoms with E-state index >= 15 is 0 Å². The number of nitrogens with zero attached hydrogens (tertiary/aromatic N) is 6. The molecule has 0 radical (unpaired) electrons. The molecule has 119 heavy (non-hydrogen) atoms. The lowest BCUT2D eigenvalue weighted by Gasteiger charge is -2.27. The Morgan fingerprint density at radius 3 is 0.706 bits per heavy atom. The molecule has 0 spiro atoms. The molecule has 0 bridgehead atoms. The van der Waals surface area contributed by atoms with Gasteiger partial charge >= 0.3 is 0 Å². The van der Waals surface area contributed by atoms with Gasteiger partial charge in [-0.05, 0) is 258 Å². The van der Waals surface area contributed by atoms with Crippen LogP contribution in [0.2, 0.25) is 0 Å². The smallest absolute Gasteiger partial charge is 0.0487 e. The lowest BCUT2D eigenvalue weighted by atomic mass is 10.0. The number of hydrogen-bond acceptors (Lipinski definition) is 6. The topological polar surface area (TPSA) is 19.4 Å². The predicted molar refractivity (Wildman–Crippen MR) is 511 cm³/mol. The van der Waals surface area contributed by atoms with Crippen LogP contribution in [-0.4, -0.2) is 21.1 Å². The number of anilines is 15. The van der Waals surface area contributed by atoms with Gasteiger partial charge in [0, 0.05) is 112 Å². The Morgan fingerprint density at radius 1 is 0.126 bits per heavy atom. The Labute approximate surface area is 697 Å². The fourth-order valence-corrected chi connectivity index (χ4v) is 16.1. The molecule has 0 aliphatic heterocycles. The van der Waals surface area contributed by atoms with Crippen molar-refractivity contribution in [2.24, 2.45) is 0 Å². The molecule has 0 N–H and O–H groups in total. The van der Waals surface area contributed by atoms with Crippen molar-refractivity contribution in [2.75, 3.05) is 50.5 Å². The van der Waals surface area contributed by atoms with Gasteiger partial charge in [0.1, 0.15) is 0 Å². The molecule has 0 aliphatic carbocycles. The van der Waals surface area contributed by atoms with Crippen LogP contribution in [0.3, 0.4) is 0 Å². The van der Waals surface area contributed by atoms with E-state index in [2.05, 4.69) is 524 Å². The molecule has 0 heterocycles. The fraction of sp³-hybridized carbons (Fsp3) is 0.0265. The molecule has 0 atom stereocenters. The number of hydrogen-bond donors (Lipinski definition) is 0. The average molecular weight is 1530 g/mol. The zero-order chi connectivity index (χ0) is 80.2. The van der Waals surface area contributed by atoms with Gasteiger partial charge in [0.25, 0.3) is 0 Å². The summed E-state index contributed by atoms with van der Waals surface area (Å²) in [6.45, 7) is 0. The molecule has 0 aromatic heterocycles. The quantitative estimate of drug-likeness (QED) is 0.0847. The molecule has 20 aromatic carbocycles. The number of fused-ring (bicyclic) bond motifs is 5. The predicted octanol–water partition coefficient (Wildman–Crippen LogP) is 31.5. The lowest BCUT2D eigenvalue weighted by Crippen LogP contribution is -2.12. The minimum absolute atomic E-state index is 1.11. The highest BCUT2D eigenvalue weighted by molar-refractivity contribution is 5.98. The van der Waals surface area contributed by atoms with Crippen molar-refractivity contribution in [3.05, 3.63) is 479 Å². The first-order valence-corrected chi connectivity index (χ1v) is 40.6. The van der Waals surface area contributed by atoms with E-state index < -0.39 is 0 Å². The van der Waals surface area contributed by atoms with E-state index in [1.54, 1.807) is 0 Å². The van der Waals surface area contributed by atoms with Crippen LogP contribution in [-0.2, 0) is 0 Å². The molecule has 0 aliphatic rings. The minimum Gasteiger partial charge on any atom is -0.345 e. The zero-order valence-corrected chi connectivity index (χ0v) is 66.8. The van der Waals surface area contributed by atoms with E-state index in [-0.39, 0.29) is 0 Å². The van der Waals surface area contributed by atoms with Crippen LogP contribution < -0.4 is 29.4 Å². The van der Waals surface area contributed by atoms with E-state index in [0.717, 1.165) is 73.9 Å². The number of benzene rings is 20. The van der Waals surface area contributed by atoms with Crippen LogP contribution in [0.5, 0.6) is 0 Å². The maximum atomic E-state index is 2.35. The van der Waals surface area contributed by atoms with Gasteiger partial charge in [-0.15, -0.1) is 0 Å². The molecule has 0 fully saturated rings. The Bertz CT molecular complexity index is 6850. The van der Waals surface area contributed by atoms with E-state index in [0.29, 0.717) is 0 Å². The summed E-state index contributed by atoms with van der Waals surface area (Å²) in [5.41, 5.74) is 24.3. The van der Waals surface area contributed by atoms with Crippen LogP contribution in [0.25, 0.3) is 87.2 Å². The summed E-state index contributed by atoms with van der Waals surface area (Å²) in [5, 5.41) is 12.4. The van der Waals surface area contributed by atoms with Gasteiger partial charge in [0.15, 0.2) is 0 Å². The summed E-state index contributed by atoms with van der Waals surface area (Å²) in [5.74, 6) is 0. The third kappa shape index (κ3) is 16.6. The SMILES string of the molecule is CN(c1ccc(N(c2cccc(-c3ccccc3)c2)c2ccc3ccccc3c2)cc1)c1ccc2ccccc2c1.CN(c1ccc(N(c2cccc(-c3ccccc3)c2)c2ccc3ccccc3c2)cc1)c1cccc2ccccc12.CN(c1ccccc1)c1ccc(N(c2cccc(-c3ccccc3)c2)c2ccc3ccccc3c2)cc1. The van der Waals surface area contributed by atoms with Gasteiger partial charge in [0.05, 0.1) is 0 Å². The van der Waals surface area contributed by atoms with Crippen molar-refractivity contribution >= 4 is 139 Å². The van der Waals surface area contributed by atoms with E-state index in [9.17, 15) is 0 Å². The minimum atomic E-state index is 1.11. The van der Waals surface area contributed by atoms with Crippen molar-refractivity contribution < 1.29 is 0 Å². The first kappa shape index (κ1) is 74.9. The van der Waals surface area contributed by atoms with Gasteiger partial charge in [0.2, 0.25) is 0 Å². The Kier molecular flexibility index (Phi) is 21.8. The molecular formula is C113H88N6. The highest BCUT2D eigenvalue weighted by Gasteiger charge is 2.21. The average Bonchev–Trinajstić information content (AvgIpc) is 0.781. The van der Waals surface area contributed by atoms with Crippen LogP contribution in [0.4, 0.5) is 85.3 Å². The monoisotopic (exact) mass is 1530 g/mol. The van der Waals surface area contributed by atoms with Crippen molar-refractivity contribution in [1.82, 2.24) is 0 Å². The fourth-order valence-electron chi connectivity index (χ4n) is 16.1. The summed E-state index contributed by atoms with van der Waals surface area (Å²) in [7, 11) is 6.37. The molecular weight excluding hydrogens is 1440 g/mol. The summed E-state index contributed by atoms with van der Waals surface area (Å²) < 4.78 is 0. The third-order valence-electron chi connectivity index (χ3n) is 22.5. The van der Waals surface area contributed by atoms with Crippen LogP contribution >= 0.6 is 0 Å². The molecule has 0 unspecified atom stereocenters. The molecule has 6 heteroatoms. The van der Waals surface area contributed by atoms with Crippen LogP contribution in [0.15, 0.2) is 479 Å². The lowest BCUT2D eigenvalue weighted by molar-refractivity contribution is 1.20. The van der Waals surface area contributed by atoms with Gasteiger partial charge in [-0.2, -0.15) is 0 Å². The normalized spacial score (nSPS) is 11.0. The molecule has 6 nitrogen and oxygen atoms in total. The summed E-state index contributed by atoms with van der Waals surface area (Å²) in [4.78, 5) is 13.7. The first-order chi connectivity index (χ1) is 58.7. The molecule has 20 aromatic rings. The van der Waals surface area contributed by atoms with E-state index in [4.69, 9.17) is 0 Å². The first-order valence-electron chi connectivity index (χ1n) is 40.6. The van der Waals surface area contributed by atoms with Crippen molar-refractivity contribution in [1.29, 1.82) is 0 Å². The molecule has 0 saturated heterocycles. The highest BCUT2D eigenvalue weighted by atomic mass is 15.2. The van der Waals surface area contributed by atoms with Crippen molar-refractivity contribution in [3.63, 3.8) is 0 Å². The third-order valence-corrected chi connectivity index (χ3v) is 22.5. The zero-order valence-electron chi connectivity index (χ0n) is 66.8. The van der Waals surface area contributed by atoms with Crippen molar-refractivity contribution in [3.8, 4) is 33.4 Å².